The molecule has 4 rings (SSSR count). The van der Waals surface area contributed by atoms with Gasteiger partial charge in [-0.15, -0.1) is 11.8 Å². The van der Waals surface area contributed by atoms with Crippen molar-refractivity contribution in [3.8, 4) is 0 Å². The summed E-state index contributed by atoms with van der Waals surface area (Å²) in [5, 5.41) is 20.1. The standard InChI is InChI=1S/C29H42N4O6S/c1-18-24-23(19(2)34)28(36)33(24)25(29(37)38)26(18)40-21-15-22(27(35)31(3)4)32(17-21)12-8-14-39-13-6-5-9-20-10-7-11-30-16-20/h7,10-11,16,18-19,21-24,34H,5-6,8-9,12-15,17H2,1-4H3,(H,37,38). The number of rotatable bonds is 14. The Morgan fingerprint density at radius 2 is 2.00 bits per heavy atom. The summed E-state index contributed by atoms with van der Waals surface area (Å²) in [5.41, 5.74) is 1.27. The molecular formula is C29H42N4O6S. The van der Waals surface area contributed by atoms with E-state index in [1.165, 1.54) is 22.2 Å². The number of carboxylic acids is 1. The van der Waals surface area contributed by atoms with E-state index in [-0.39, 0.29) is 40.8 Å². The number of aromatic nitrogens is 1. The number of carbonyl (C=O) groups excluding carboxylic acids is 2. The third-order valence-electron chi connectivity index (χ3n) is 8.16. The Morgan fingerprint density at radius 1 is 1.25 bits per heavy atom. The summed E-state index contributed by atoms with van der Waals surface area (Å²) in [6.07, 6.45) is 7.27. The number of likely N-dealkylation sites (N-methyl/N-ethyl adjacent to an activating group) is 1. The van der Waals surface area contributed by atoms with Crippen LogP contribution in [0.3, 0.4) is 0 Å². The average molecular weight is 575 g/mol. The molecule has 2 saturated heterocycles. The van der Waals surface area contributed by atoms with Gasteiger partial charge in [0.15, 0.2) is 0 Å². The van der Waals surface area contributed by atoms with Gasteiger partial charge in [-0.3, -0.25) is 19.5 Å². The molecule has 0 radical (unpaired) electrons. The minimum Gasteiger partial charge on any atom is -0.477 e. The number of fused-ring (bicyclic) bond motifs is 1. The van der Waals surface area contributed by atoms with Gasteiger partial charge in [0.05, 0.1) is 24.1 Å². The number of hydrogen-bond donors (Lipinski definition) is 2. The molecule has 220 valence electrons. The van der Waals surface area contributed by atoms with Crippen molar-refractivity contribution < 1.29 is 29.3 Å². The molecule has 4 heterocycles. The third kappa shape index (κ3) is 6.53. The van der Waals surface area contributed by atoms with E-state index in [1.54, 1.807) is 32.1 Å². The lowest BCUT2D eigenvalue weighted by atomic mass is 9.79. The Morgan fingerprint density at radius 3 is 2.65 bits per heavy atom. The number of carbonyl (C=O) groups is 3. The van der Waals surface area contributed by atoms with E-state index in [1.807, 2.05) is 19.2 Å². The second kappa shape index (κ2) is 13.5. The van der Waals surface area contributed by atoms with Gasteiger partial charge >= 0.3 is 5.97 Å². The van der Waals surface area contributed by atoms with Crippen LogP contribution in [0.15, 0.2) is 35.1 Å². The number of aliphatic carboxylic acids is 1. The molecule has 2 N–H and O–H groups in total. The topological polar surface area (TPSA) is 124 Å². The predicted octanol–water partition coefficient (Wildman–Crippen LogP) is 2.23. The largest absolute Gasteiger partial charge is 0.477 e. The minimum atomic E-state index is -1.12. The van der Waals surface area contributed by atoms with Crippen molar-refractivity contribution in [2.75, 3.05) is 40.4 Å². The summed E-state index contributed by atoms with van der Waals surface area (Å²) in [6.45, 7) is 6.20. The highest BCUT2D eigenvalue weighted by Gasteiger charge is 2.60. The number of unbranched alkanes of at least 4 members (excludes halogenated alkanes) is 1. The van der Waals surface area contributed by atoms with Crippen molar-refractivity contribution in [2.24, 2.45) is 11.8 Å². The summed E-state index contributed by atoms with van der Waals surface area (Å²) in [6, 6.07) is 3.43. The number of likely N-dealkylation sites (tertiary alicyclic amines) is 1. The number of nitrogens with zero attached hydrogens (tertiary/aromatic N) is 4. The van der Waals surface area contributed by atoms with E-state index in [9.17, 15) is 24.6 Å². The molecule has 40 heavy (non-hydrogen) atoms. The van der Waals surface area contributed by atoms with Gasteiger partial charge in [-0.2, -0.15) is 0 Å². The first-order valence-corrected chi connectivity index (χ1v) is 15.1. The van der Waals surface area contributed by atoms with Crippen molar-refractivity contribution in [3.63, 3.8) is 0 Å². The second-order valence-electron chi connectivity index (χ2n) is 11.3. The minimum absolute atomic E-state index is 0.0212. The Kier molecular flexibility index (Phi) is 10.3. The quantitative estimate of drug-likeness (QED) is 0.254. The van der Waals surface area contributed by atoms with Gasteiger partial charge in [-0.25, -0.2) is 4.79 Å². The Hall–Kier alpha value is -2.47. The number of aliphatic hydroxyl groups excluding tert-OH is 1. The molecule has 0 bridgehead atoms. The van der Waals surface area contributed by atoms with Crippen LogP contribution in [0.25, 0.3) is 0 Å². The highest BCUT2D eigenvalue weighted by atomic mass is 32.2. The van der Waals surface area contributed by atoms with E-state index >= 15 is 0 Å². The predicted molar refractivity (Wildman–Crippen MR) is 152 cm³/mol. The van der Waals surface area contributed by atoms with Crippen LogP contribution < -0.4 is 0 Å². The van der Waals surface area contributed by atoms with Crippen LogP contribution in [-0.2, 0) is 25.5 Å². The summed E-state index contributed by atoms with van der Waals surface area (Å²) in [5.74, 6) is -2.18. The average Bonchev–Trinajstić information content (AvgIpc) is 3.42. The number of thioether (sulfide) groups is 1. The first kappa shape index (κ1) is 30.5. The maximum Gasteiger partial charge on any atom is 0.353 e. The summed E-state index contributed by atoms with van der Waals surface area (Å²) in [4.78, 5) is 47.9. The molecule has 0 saturated carbocycles. The van der Waals surface area contributed by atoms with Crippen molar-refractivity contribution in [1.82, 2.24) is 19.7 Å². The SMILES string of the molecule is CC(O)C1C(=O)N2C(C(=O)O)=C(SC3CC(C(=O)N(C)C)N(CCCOCCCCc4cccnc4)C3)C(C)C12. The number of β-lactam (4-membered cyclic amide) rings is 1. The van der Waals surface area contributed by atoms with Crippen LogP contribution in [0, 0.1) is 11.8 Å². The number of aryl methyl sites for hydroxylation is 1. The lowest BCUT2D eigenvalue weighted by molar-refractivity contribution is -0.163. The Labute approximate surface area is 240 Å². The summed E-state index contributed by atoms with van der Waals surface area (Å²) >= 11 is 1.49. The normalized spacial score (nSPS) is 27.1. The zero-order valence-corrected chi connectivity index (χ0v) is 24.7. The molecule has 0 aromatic carbocycles. The number of amides is 2. The molecule has 2 fully saturated rings. The molecule has 1 aromatic heterocycles. The van der Waals surface area contributed by atoms with Gasteiger partial charge < -0.3 is 24.7 Å². The van der Waals surface area contributed by atoms with Crippen molar-refractivity contribution >= 4 is 29.5 Å². The number of pyridine rings is 1. The van der Waals surface area contributed by atoms with E-state index in [0.717, 1.165) is 25.7 Å². The Balaban J connectivity index is 1.30. The first-order valence-electron chi connectivity index (χ1n) is 14.2. The zero-order valence-electron chi connectivity index (χ0n) is 23.9. The molecule has 3 aliphatic heterocycles. The van der Waals surface area contributed by atoms with Gasteiger partial charge in [-0.05, 0) is 50.7 Å². The van der Waals surface area contributed by atoms with Crippen LogP contribution >= 0.6 is 11.8 Å². The van der Waals surface area contributed by atoms with Crippen LogP contribution in [0.5, 0.6) is 0 Å². The fraction of sp³-hybridized carbons (Fsp3) is 0.655. The van der Waals surface area contributed by atoms with E-state index in [0.29, 0.717) is 37.6 Å². The molecular weight excluding hydrogens is 532 g/mol. The van der Waals surface area contributed by atoms with E-state index in [4.69, 9.17) is 4.74 Å². The fourth-order valence-corrected chi connectivity index (χ4v) is 7.71. The number of carboxylic acid groups (broad SMARTS) is 1. The smallest absolute Gasteiger partial charge is 0.353 e. The van der Waals surface area contributed by atoms with E-state index < -0.39 is 18.0 Å². The van der Waals surface area contributed by atoms with Gasteiger partial charge in [0.2, 0.25) is 11.8 Å². The van der Waals surface area contributed by atoms with Gasteiger partial charge in [0.1, 0.15) is 5.70 Å². The molecule has 11 heteroatoms. The first-order chi connectivity index (χ1) is 19.1. The van der Waals surface area contributed by atoms with Crippen LogP contribution in [0.1, 0.15) is 45.1 Å². The van der Waals surface area contributed by atoms with Gasteiger partial charge in [0.25, 0.3) is 0 Å². The fourth-order valence-electron chi connectivity index (χ4n) is 6.16. The van der Waals surface area contributed by atoms with Gasteiger partial charge in [-0.1, -0.05) is 13.0 Å². The summed E-state index contributed by atoms with van der Waals surface area (Å²) < 4.78 is 5.86. The number of aliphatic hydroxyl groups is 1. The molecule has 1 aromatic rings. The number of ether oxygens (including phenoxy) is 1. The number of hydrogen-bond acceptors (Lipinski definition) is 8. The van der Waals surface area contributed by atoms with Crippen molar-refractivity contribution in [1.29, 1.82) is 0 Å². The van der Waals surface area contributed by atoms with Crippen LogP contribution in [-0.4, -0.2) is 112 Å². The van der Waals surface area contributed by atoms with Crippen molar-refractivity contribution in [2.45, 2.75) is 69.4 Å². The van der Waals surface area contributed by atoms with Gasteiger partial charge in [0, 0.05) is 68.9 Å². The molecule has 6 unspecified atom stereocenters. The van der Waals surface area contributed by atoms with E-state index in [2.05, 4.69) is 16.0 Å². The van der Waals surface area contributed by atoms with Crippen molar-refractivity contribution in [3.05, 3.63) is 40.7 Å². The zero-order chi connectivity index (χ0) is 29.0. The Bertz CT molecular complexity index is 1100. The third-order valence-corrected chi connectivity index (χ3v) is 9.65. The molecule has 0 aliphatic carbocycles. The van der Waals surface area contributed by atoms with Crippen LogP contribution in [0.4, 0.5) is 0 Å². The summed E-state index contributed by atoms with van der Waals surface area (Å²) in [7, 11) is 3.51. The lowest BCUT2D eigenvalue weighted by Crippen LogP contribution is -2.63. The molecule has 0 spiro atoms. The highest BCUT2D eigenvalue weighted by molar-refractivity contribution is 8.03. The molecule has 10 nitrogen and oxygen atoms in total. The van der Waals surface area contributed by atoms with Crippen LogP contribution in [0.2, 0.25) is 0 Å². The maximum absolute atomic E-state index is 13.0. The highest BCUT2D eigenvalue weighted by Crippen LogP contribution is 2.52. The molecule has 3 aliphatic rings. The lowest BCUT2D eigenvalue weighted by Gasteiger charge is -2.46. The molecule has 2 amide bonds. The monoisotopic (exact) mass is 574 g/mol. The maximum atomic E-state index is 13.0. The molecule has 6 atom stereocenters. The second-order valence-corrected chi connectivity index (χ2v) is 12.6.